The topological polar surface area (TPSA) is 104 Å². The second kappa shape index (κ2) is 8.30. The highest BCUT2D eigenvalue weighted by Gasteiger charge is 2.19. The number of nitrogens with one attached hydrogen (secondary N) is 1. The van der Waals surface area contributed by atoms with Gasteiger partial charge in [-0.1, -0.05) is 52.7 Å². The van der Waals surface area contributed by atoms with Crippen molar-refractivity contribution in [2.75, 3.05) is 0 Å². The van der Waals surface area contributed by atoms with Crippen LogP contribution in [0.25, 0.3) is 45.6 Å². The monoisotopic (exact) mass is 456 g/mol. The SMILES string of the molecule is Cc1ccc(-c2noc(-c3ccc(-c4[nH]c(-c5c(F)cccc5Cl)nc4C#N)cn3)n2)cc1. The van der Waals surface area contributed by atoms with Gasteiger partial charge in [0.05, 0.1) is 16.3 Å². The Morgan fingerprint density at radius 2 is 1.82 bits per heavy atom. The average Bonchev–Trinajstić information content (AvgIpc) is 3.47. The maximum Gasteiger partial charge on any atom is 0.276 e. The Hall–Kier alpha value is -4.35. The molecule has 2 aromatic carbocycles. The second-order valence-corrected chi connectivity index (χ2v) is 7.65. The number of halogens is 2. The van der Waals surface area contributed by atoms with Gasteiger partial charge in [0.2, 0.25) is 5.82 Å². The first-order valence-corrected chi connectivity index (χ1v) is 10.2. The van der Waals surface area contributed by atoms with Gasteiger partial charge in [-0.15, -0.1) is 0 Å². The molecule has 5 rings (SSSR count). The van der Waals surface area contributed by atoms with Gasteiger partial charge in [0.15, 0.2) is 5.69 Å². The highest BCUT2D eigenvalue weighted by molar-refractivity contribution is 6.33. The molecule has 3 aromatic heterocycles. The zero-order valence-electron chi connectivity index (χ0n) is 17.2. The molecule has 3 heterocycles. The van der Waals surface area contributed by atoms with Gasteiger partial charge in [-0.05, 0) is 31.2 Å². The number of imidazole rings is 1. The molecule has 1 N–H and O–H groups in total. The van der Waals surface area contributed by atoms with Gasteiger partial charge in [0.25, 0.3) is 5.89 Å². The number of rotatable bonds is 4. The predicted molar refractivity (Wildman–Crippen MR) is 120 cm³/mol. The van der Waals surface area contributed by atoms with Crippen LogP contribution < -0.4 is 0 Å². The number of H-pyrrole nitrogens is 1. The third-order valence-electron chi connectivity index (χ3n) is 5.02. The molecule has 0 unspecified atom stereocenters. The molecule has 0 saturated heterocycles. The molecule has 0 atom stereocenters. The zero-order valence-corrected chi connectivity index (χ0v) is 17.9. The van der Waals surface area contributed by atoms with E-state index in [2.05, 4.69) is 25.1 Å². The summed E-state index contributed by atoms with van der Waals surface area (Å²) in [6.45, 7) is 2.00. The second-order valence-electron chi connectivity index (χ2n) is 7.24. The van der Waals surface area contributed by atoms with Crippen molar-refractivity contribution in [3.05, 3.63) is 82.9 Å². The van der Waals surface area contributed by atoms with Gasteiger partial charge in [-0.25, -0.2) is 9.37 Å². The molecule has 5 aromatic rings. The summed E-state index contributed by atoms with van der Waals surface area (Å²) in [7, 11) is 0. The van der Waals surface area contributed by atoms with Crippen LogP contribution in [0.1, 0.15) is 11.3 Å². The largest absolute Gasteiger partial charge is 0.337 e. The quantitative estimate of drug-likeness (QED) is 0.365. The van der Waals surface area contributed by atoms with Crippen LogP contribution in [0.3, 0.4) is 0 Å². The predicted octanol–water partition coefficient (Wildman–Crippen LogP) is 5.83. The number of nitriles is 1. The Kier molecular flexibility index (Phi) is 5.17. The minimum absolute atomic E-state index is 0.0957. The summed E-state index contributed by atoms with van der Waals surface area (Å²) in [6, 6.07) is 17.6. The van der Waals surface area contributed by atoms with E-state index in [1.807, 2.05) is 37.3 Å². The number of hydrogen-bond acceptors (Lipinski definition) is 6. The van der Waals surface area contributed by atoms with E-state index >= 15 is 0 Å². The minimum atomic E-state index is -0.540. The van der Waals surface area contributed by atoms with Crippen molar-refractivity contribution < 1.29 is 8.91 Å². The molecule has 0 aliphatic rings. The van der Waals surface area contributed by atoms with Crippen LogP contribution in [0, 0.1) is 24.1 Å². The van der Waals surface area contributed by atoms with Crippen molar-refractivity contribution in [3.63, 3.8) is 0 Å². The summed E-state index contributed by atoms with van der Waals surface area (Å²) in [5.41, 5.74) is 3.62. The van der Waals surface area contributed by atoms with Crippen molar-refractivity contribution >= 4 is 11.6 Å². The van der Waals surface area contributed by atoms with Crippen LogP contribution in [0.4, 0.5) is 4.39 Å². The first kappa shape index (κ1) is 20.5. The summed E-state index contributed by atoms with van der Waals surface area (Å²) < 4.78 is 19.7. The van der Waals surface area contributed by atoms with Crippen molar-refractivity contribution in [2.24, 2.45) is 0 Å². The van der Waals surface area contributed by atoms with Crippen LogP contribution in [-0.2, 0) is 0 Å². The lowest BCUT2D eigenvalue weighted by molar-refractivity contribution is 0.431. The molecule has 9 heteroatoms. The van der Waals surface area contributed by atoms with E-state index in [4.69, 9.17) is 16.1 Å². The summed E-state index contributed by atoms with van der Waals surface area (Å²) >= 11 is 6.14. The van der Waals surface area contributed by atoms with E-state index in [0.717, 1.165) is 11.1 Å². The van der Waals surface area contributed by atoms with E-state index in [1.54, 1.807) is 24.4 Å². The Balaban J connectivity index is 1.47. The Bertz CT molecular complexity index is 1480. The van der Waals surface area contributed by atoms with E-state index in [9.17, 15) is 9.65 Å². The van der Waals surface area contributed by atoms with Gasteiger partial charge in [-0.2, -0.15) is 10.2 Å². The minimum Gasteiger partial charge on any atom is -0.337 e. The van der Waals surface area contributed by atoms with Gasteiger partial charge < -0.3 is 9.51 Å². The highest BCUT2D eigenvalue weighted by Crippen LogP contribution is 2.32. The average molecular weight is 457 g/mol. The van der Waals surface area contributed by atoms with Crippen molar-refractivity contribution in [1.29, 1.82) is 5.26 Å². The van der Waals surface area contributed by atoms with E-state index in [-0.39, 0.29) is 28.0 Å². The summed E-state index contributed by atoms with van der Waals surface area (Å²) in [4.78, 5) is 16.0. The number of hydrogen-bond donors (Lipinski definition) is 1. The number of nitrogens with zero attached hydrogens (tertiary/aromatic N) is 5. The molecular formula is C24H14ClFN6O. The fourth-order valence-corrected chi connectivity index (χ4v) is 3.57. The summed E-state index contributed by atoms with van der Waals surface area (Å²) in [5.74, 6) is 0.346. The van der Waals surface area contributed by atoms with Crippen LogP contribution in [-0.4, -0.2) is 25.1 Å². The molecule has 0 bridgehead atoms. The summed E-state index contributed by atoms with van der Waals surface area (Å²) in [6.07, 6.45) is 1.55. The van der Waals surface area contributed by atoms with Crippen LogP contribution in [0.2, 0.25) is 5.02 Å². The Labute approximate surface area is 192 Å². The highest BCUT2D eigenvalue weighted by atomic mass is 35.5. The molecule has 0 amide bonds. The van der Waals surface area contributed by atoms with Crippen molar-refractivity contribution in [2.45, 2.75) is 6.92 Å². The molecule has 0 radical (unpaired) electrons. The van der Waals surface area contributed by atoms with Crippen LogP contribution >= 0.6 is 11.6 Å². The van der Waals surface area contributed by atoms with E-state index in [0.29, 0.717) is 22.8 Å². The molecule has 0 spiro atoms. The van der Waals surface area contributed by atoms with Crippen molar-refractivity contribution in [3.8, 4) is 51.7 Å². The normalized spacial score (nSPS) is 10.8. The molecule has 0 fully saturated rings. The maximum atomic E-state index is 14.3. The molecule has 0 aliphatic carbocycles. The lowest BCUT2D eigenvalue weighted by atomic mass is 10.1. The van der Waals surface area contributed by atoms with Gasteiger partial charge >= 0.3 is 0 Å². The smallest absolute Gasteiger partial charge is 0.276 e. The molecule has 33 heavy (non-hydrogen) atoms. The zero-order chi connectivity index (χ0) is 22.9. The van der Waals surface area contributed by atoms with Gasteiger partial charge in [0, 0.05) is 17.3 Å². The number of pyridine rings is 1. The third-order valence-corrected chi connectivity index (χ3v) is 5.33. The van der Waals surface area contributed by atoms with Gasteiger partial charge in [0.1, 0.15) is 23.4 Å². The number of aromatic amines is 1. The molecule has 0 aliphatic heterocycles. The lowest BCUT2D eigenvalue weighted by Gasteiger charge is -2.02. The Morgan fingerprint density at radius 3 is 2.52 bits per heavy atom. The molecule has 0 saturated carbocycles. The molecule has 160 valence electrons. The fraction of sp³-hybridized carbons (Fsp3) is 0.0417. The number of aromatic nitrogens is 5. The molecule has 7 nitrogen and oxygen atoms in total. The lowest BCUT2D eigenvalue weighted by Crippen LogP contribution is -1.89. The van der Waals surface area contributed by atoms with Crippen LogP contribution in [0.15, 0.2) is 65.3 Å². The number of aryl methyl sites for hydroxylation is 1. The maximum absolute atomic E-state index is 14.3. The first-order valence-electron chi connectivity index (χ1n) is 9.85. The van der Waals surface area contributed by atoms with Gasteiger partial charge in [-0.3, -0.25) is 4.98 Å². The van der Waals surface area contributed by atoms with E-state index in [1.165, 1.54) is 12.1 Å². The fourth-order valence-electron chi connectivity index (χ4n) is 3.32. The first-order chi connectivity index (χ1) is 16.0. The van der Waals surface area contributed by atoms with E-state index < -0.39 is 5.82 Å². The van der Waals surface area contributed by atoms with Crippen LogP contribution in [0.5, 0.6) is 0 Å². The third kappa shape index (κ3) is 3.86. The molecular weight excluding hydrogens is 443 g/mol. The Morgan fingerprint density at radius 1 is 1.03 bits per heavy atom. The van der Waals surface area contributed by atoms with Crippen molar-refractivity contribution in [1.82, 2.24) is 25.1 Å². The summed E-state index contributed by atoms with van der Waals surface area (Å²) in [5, 5.41) is 13.7. The number of benzene rings is 2. The standard InChI is InChI=1S/C24H14ClFN6O/c1-13-5-7-14(8-6-13)22-31-24(33-32-22)18-10-9-15(12-28-18)21-19(11-27)29-23(30-21)20-16(25)3-2-4-17(20)26/h2-10,12H,1H3,(H,29,30).